The average Bonchev–Trinajstić information content (AvgIpc) is 2.94. The Morgan fingerprint density at radius 1 is 1.42 bits per heavy atom. The molecule has 1 aromatic rings. The second-order valence-electron chi connectivity index (χ2n) is 7.14. The van der Waals surface area contributed by atoms with Crippen LogP contribution in [0.4, 0.5) is 0 Å². The first-order chi connectivity index (χ1) is 12.3. The summed E-state index contributed by atoms with van der Waals surface area (Å²) in [5.74, 6) is -1.25. The van der Waals surface area contributed by atoms with Crippen molar-refractivity contribution in [3.05, 3.63) is 46.1 Å². The van der Waals surface area contributed by atoms with E-state index >= 15 is 0 Å². The molecule has 3 atom stereocenters. The predicted molar refractivity (Wildman–Crippen MR) is 98.7 cm³/mol. The second-order valence-corrected chi connectivity index (χ2v) is 7.54. The van der Waals surface area contributed by atoms with E-state index in [1.165, 1.54) is 0 Å². The number of benzene rings is 1. The predicted octanol–water partition coefficient (Wildman–Crippen LogP) is 3.57. The number of carbonyl (C=O) groups is 2. The SMILES string of the molecule is CCC1(C(=O)OC(C)C)C(C)NC2=C(C(=O)OC2)C1c1ccccc1Cl. The standard InChI is InChI=1S/C20H24ClNO4/c1-5-20(19(24)26-11(2)3)12(4)22-15-10-25-18(23)16(15)17(20)13-8-6-7-9-14(13)21/h6-9,11-12,17,22H,5,10H2,1-4H3. The Hall–Kier alpha value is -2.01. The number of carbonyl (C=O) groups excluding carboxylic acids is 2. The van der Waals surface area contributed by atoms with Crippen molar-refractivity contribution in [2.45, 2.75) is 52.2 Å². The van der Waals surface area contributed by atoms with Gasteiger partial charge in [-0.15, -0.1) is 0 Å². The molecule has 2 heterocycles. The minimum Gasteiger partial charge on any atom is -0.462 e. The third kappa shape index (κ3) is 2.78. The first kappa shape index (κ1) is 18.8. The second kappa shape index (κ2) is 6.95. The maximum Gasteiger partial charge on any atom is 0.336 e. The van der Waals surface area contributed by atoms with Crippen LogP contribution in [0.25, 0.3) is 0 Å². The summed E-state index contributed by atoms with van der Waals surface area (Å²) in [4.78, 5) is 25.8. The third-order valence-corrected chi connectivity index (χ3v) is 5.73. The zero-order valence-electron chi connectivity index (χ0n) is 15.5. The number of ether oxygens (including phenoxy) is 2. The molecular weight excluding hydrogens is 354 g/mol. The number of rotatable bonds is 4. The van der Waals surface area contributed by atoms with E-state index < -0.39 is 17.3 Å². The normalized spacial score (nSPS) is 27.8. The van der Waals surface area contributed by atoms with E-state index in [0.29, 0.717) is 17.0 Å². The van der Waals surface area contributed by atoms with Crippen molar-refractivity contribution in [3.8, 4) is 0 Å². The highest BCUT2D eigenvalue weighted by molar-refractivity contribution is 6.31. The fraction of sp³-hybridized carbons (Fsp3) is 0.500. The molecule has 0 aliphatic carbocycles. The quantitative estimate of drug-likeness (QED) is 0.812. The van der Waals surface area contributed by atoms with Gasteiger partial charge in [-0.2, -0.15) is 0 Å². The Bertz CT molecular complexity index is 773. The molecule has 0 saturated heterocycles. The minimum atomic E-state index is -0.961. The van der Waals surface area contributed by atoms with Gasteiger partial charge in [-0.1, -0.05) is 36.7 Å². The molecular formula is C20H24ClNO4. The summed E-state index contributed by atoms with van der Waals surface area (Å²) in [6.07, 6.45) is 0.239. The number of halogens is 1. The Labute approximate surface area is 158 Å². The highest BCUT2D eigenvalue weighted by Crippen LogP contribution is 2.53. The molecule has 0 radical (unpaired) electrons. The molecule has 3 rings (SSSR count). The van der Waals surface area contributed by atoms with Crippen molar-refractivity contribution in [1.82, 2.24) is 5.32 Å². The maximum atomic E-state index is 13.3. The molecule has 2 aliphatic rings. The van der Waals surface area contributed by atoms with E-state index in [1.807, 2.05) is 45.9 Å². The molecule has 0 fully saturated rings. The Balaban J connectivity index is 2.25. The van der Waals surface area contributed by atoms with Crippen LogP contribution in [-0.4, -0.2) is 30.7 Å². The van der Waals surface area contributed by atoms with Crippen LogP contribution in [0.5, 0.6) is 0 Å². The van der Waals surface area contributed by atoms with Crippen LogP contribution in [-0.2, 0) is 19.1 Å². The van der Waals surface area contributed by atoms with Gasteiger partial charge in [-0.05, 0) is 38.8 Å². The van der Waals surface area contributed by atoms with Gasteiger partial charge in [0.1, 0.15) is 6.61 Å². The fourth-order valence-electron chi connectivity index (χ4n) is 4.14. The maximum absolute atomic E-state index is 13.3. The van der Waals surface area contributed by atoms with Crippen molar-refractivity contribution in [1.29, 1.82) is 0 Å². The molecule has 26 heavy (non-hydrogen) atoms. The van der Waals surface area contributed by atoms with Crippen molar-refractivity contribution in [3.63, 3.8) is 0 Å². The highest BCUT2D eigenvalue weighted by atomic mass is 35.5. The van der Waals surface area contributed by atoms with Crippen LogP contribution in [0.3, 0.4) is 0 Å². The van der Waals surface area contributed by atoms with Gasteiger partial charge in [0.25, 0.3) is 0 Å². The number of esters is 2. The van der Waals surface area contributed by atoms with Crippen LogP contribution in [0.15, 0.2) is 35.5 Å². The molecule has 1 aromatic carbocycles. The van der Waals surface area contributed by atoms with E-state index in [-0.39, 0.29) is 24.7 Å². The largest absolute Gasteiger partial charge is 0.462 e. The summed E-state index contributed by atoms with van der Waals surface area (Å²) in [7, 11) is 0. The van der Waals surface area contributed by atoms with Gasteiger partial charge in [0.2, 0.25) is 0 Å². The zero-order chi connectivity index (χ0) is 19.1. The molecule has 0 aromatic heterocycles. The van der Waals surface area contributed by atoms with Crippen LogP contribution in [0.2, 0.25) is 5.02 Å². The van der Waals surface area contributed by atoms with Crippen molar-refractivity contribution in [2.75, 3.05) is 6.61 Å². The molecule has 3 unspecified atom stereocenters. The van der Waals surface area contributed by atoms with Crippen LogP contribution in [0.1, 0.15) is 45.6 Å². The smallest absolute Gasteiger partial charge is 0.336 e. The third-order valence-electron chi connectivity index (χ3n) is 5.38. The first-order valence-corrected chi connectivity index (χ1v) is 9.32. The lowest BCUT2D eigenvalue weighted by atomic mass is 9.61. The van der Waals surface area contributed by atoms with Crippen molar-refractivity contribution in [2.24, 2.45) is 5.41 Å². The van der Waals surface area contributed by atoms with Crippen LogP contribution >= 0.6 is 11.6 Å². The molecule has 5 nitrogen and oxygen atoms in total. The average molecular weight is 378 g/mol. The molecule has 6 heteroatoms. The fourth-order valence-corrected chi connectivity index (χ4v) is 4.39. The lowest BCUT2D eigenvalue weighted by molar-refractivity contribution is -0.163. The summed E-state index contributed by atoms with van der Waals surface area (Å²) in [5.41, 5.74) is 1.00. The Morgan fingerprint density at radius 2 is 2.12 bits per heavy atom. The van der Waals surface area contributed by atoms with E-state index in [9.17, 15) is 9.59 Å². The van der Waals surface area contributed by atoms with E-state index in [4.69, 9.17) is 21.1 Å². The van der Waals surface area contributed by atoms with Crippen molar-refractivity contribution < 1.29 is 19.1 Å². The summed E-state index contributed by atoms with van der Waals surface area (Å²) in [6, 6.07) is 7.10. The van der Waals surface area contributed by atoms with Crippen molar-refractivity contribution >= 4 is 23.5 Å². The number of cyclic esters (lactones) is 1. The molecule has 1 N–H and O–H groups in total. The number of hydrogen-bond acceptors (Lipinski definition) is 5. The van der Waals surface area contributed by atoms with Crippen LogP contribution < -0.4 is 5.32 Å². The van der Waals surface area contributed by atoms with Gasteiger partial charge >= 0.3 is 11.9 Å². The molecule has 0 bridgehead atoms. The summed E-state index contributed by atoms with van der Waals surface area (Å²) >= 11 is 6.49. The summed E-state index contributed by atoms with van der Waals surface area (Å²) in [5, 5.41) is 3.84. The molecule has 0 saturated carbocycles. The van der Waals surface area contributed by atoms with Gasteiger partial charge in [0.15, 0.2) is 0 Å². The number of hydrogen-bond donors (Lipinski definition) is 1. The number of nitrogens with one attached hydrogen (secondary N) is 1. The van der Waals surface area contributed by atoms with Gasteiger partial charge in [0, 0.05) is 17.0 Å². The molecule has 140 valence electrons. The lowest BCUT2D eigenvalue weighted by Gasteiger charge is -2.46. The van der Waals surface area contributed by atoms with Gasteiger partial charge in [-0.25, -0.2) is 4.79 Å². The zero-order valence-corrected chi connectivity index (χ0v) is 16.2. The molecule has 0 amide bonds. The molecule has 0 spiro atoms. The lowest BCUT2D eigenvalue weighted by Crippen LogP contribution is -2.56. The summed E-state index contributed by atoms with van der Waals surface area (Å²) < 4.78 is 10.9. The van der Waals surface area contributed by atoms with E-state index in [1.54, 1.807) is 6.07 Å². The first-order valence-electron chi connectivity index (χ1n) is 8.95. The van der Waals surface area contributed by atoms with E-state index in [0.717, 1.165) is 11.3 Å². The monoisotopic (exact) mass is 377 g/mol. The van der Waals surface area contributed by atoms with Crippen LogP contribution in [0, 0.1) is 5.41 Å². The van der Waals surface area contributed by atoms with Gasteiger partial charge < -0.3 is 14.8 Å². The topological polar surface area (TPSA) is 64.6 Å². The highest BCUT2D eigenvalue weighted by Gasteiger charge is 2.58. The molecule has 2 aliphatic heterocycles. The van der Waals surface area contributed by atoms with Gasteiger partial charge in [-0.3, -0.25) is 4.79 Å². The van der Waals surface area contributed by atoms with Gasteiger partial charge in [0.05, 0.1) is 22.8 Å². The Morgan fingerprint density at radius 3 is 2.73 bits per heavy atom. The summed E-state index contributed by atoms with van der Waals surface area (Å²) in [6.45, 7) is 7.72. The minimum absolute atomic E-state index is 0.193. The van der Waals surface area contributed by atoms with E-state index in [2.05, 4.69) is 5.32 Å². The Kier molecular flexibility index (Phi) is 5.02.